The molecule has 0 spiro atoms. The lowest BCUT2D eigenvalue weighted by atomic mass is 9.85. The number of carbonyl (C=O) groups is 2. The number of unbranched alkanes of at least 4 members (excludes halogenated alkanes) is 37. The van der Waals surface area contributed by atoms with Gasteiger partial charge in [-0.15, -0.1) is 0 Å². The Morgan fingerprint density at radius 2 is 0.662 bits per heavy atom. The van der Waals surface area contributed by atoms with E-state index in [0.717, 1.165) is 38.5 Å². The monoisotopic (exact) mass is 993 g/mol. The molecule has 0 heterocycles. The Balaban J connectivity index is 2.32. The Morgan fingerprint density at radius 1 is 0.397 bits per heavy atom. The van der Waals surface area contributed by atoms with Crippen molar-refractivity contribution < 1.29 is 63.1 Å². The molecule has 1 aliphatic rings. The van der Waals surface area contributed by atoms with Crippen molar-refractivity contribution in [1.82, 2.24) is 0 Å². The Hall–Kier alpha value is -1.15. The summed E-state index contributed by atoms with van der Waals surface area (Å²) in [5, 5.41) is 50.3. The van der Waals surface area contributed by atoms with Gasteiger partial charge >= 0.3 is 19.8 Å². The summed E-state index contributed by atoms with van der Waals surface area (Å²) >= 11 is 0. The van der Waals surface area contributed by atoms with Crippen LogP contribution >= 0.6 is 7.82 Å². The third kappa shape index (κ3) is 35.9. The van der Waals surface area contributed by atoms with Crippen LogP contribution in [0, 0.1) is 0 Å². The zero-order chi connectivity index (χ0) is 49.9. The van der Waals surface area contributed by atoms with Crippen molar-refractivity contribution in [2.75, 3.05) is 13.2 Å². The molecule has 8 atom stereocenters. The standard InChI is InChI=1S/C54H105O13P/c1-3-5-7-9-11-13-15-17-19-21-22-23-24-25-27-29-31-33-35-37-39-41-43-48(56)66-46(45-65-68(62,63)67-54-52(60)50(58)49(57)51(59)53(54)61)44-64-47(55)42-40-38-36-34-32-30-28-26-20-18-16-14-12-10-8-6-4-2/h46,49-54,57-61H,3-45H2,1-2H3,(H,62,63)/t46-,49?,50+,51?,52?,53?,54?/m1/s1. The van der Waals surface area contributed by atoms with Crippen LogP contribution in [0.3, 0.4) is 0 Å². The number of esters is 2. The molecule has 0 radical (unpaired) electrons. The summed E-state index contributed by atoms with van der Waals surface area (Å²) in [4.78, 5) is 35.9. The normalized spacial score (nSPS) is 20.9. The summed E-state index contributed by atoms with van der Waals surface area (Å²) in [7, 11) is -5.12. The largest absolute Gasteiger partial charge is 0.472 e. The highest BCUT2D eigenvalue weighted by Crippen LogP contribution is 2.47. The zero-order valence-electron chi connectivity index (χ0n) is 43.4. The second-order valence-electron chi connectivity index (χ2n) is 20.2. The number of aliphatic hydroxyl groups is 5. The van der Waals surface area contributed by atoms with Gasteiger partial charge in [0, 0.05) is 12.8 Å². The molecule has 1 aliphatic carbocycles. The lowest BCUT2D eigenvalue weighted by Crippen LogP contribution is -2.64. The van der Waals surface area contributed by atoms with Gasteiger partial charge in [0.2, 0.25) is 0 Å². The maximum absolute atomic E-state index is 12.9. The summed E-state index contributed by atoms with van der Waals surface area (Å²) in [6.07, 6.45) is 35.8. The predicted octanol–water partition coefficient (Wildman–Crippen LogP) is 12.8. The number of ether oxygens (including phenoxy) is 2. The van der Waals surface area contributed by atoms with Gasteiger partial charge in [-0.1, -0.05) is 251 Å². The van der Waals surface area contributed by atoms with Gasteiger partial charge in [-0.2, -0.15) is 0 Å². The van der Waals surface area contributed by atoms with Gasteiger partial charge in [-0.3, -0.25) is 18.6 Å². The SMILES string of the molecule is CCCCCCCCCCCCCCCCCCCCCCCCC(=O)O[C@H](COC(=O)CCCCCCCCCCCCCCCCCCC)COP(=O)(O)OC1C(O)C(O)C(O)[C@H](O)C1O. The molecule has 13 nitrogen and oxygen atoms in total. The van der Waals surface area contributed by atoms with Crippen LogP contribution in [-0.4, -0.2) is 98.3 Å². The molecule has 6 N–H and O–H groups in total. The molecule has 404 valence electrons. The summed E-state index contributed by atoms with van der Waals surface area (Å²) in [6.45, 7) is 3.37. The van der Waals surface area contributed by atoms with E-state index in [2.05, 4.69) is 13.8 Å². The highest BCUT2D eigenvalue weighted by molar-refractivity contribution is 7.47. The van der Waals surface area contributed by atoms with Crippen LogP contribution in [0.25, 0.3) is 0 Å². The molecule has 0 aliphatic heterocycles. The number of carbonyl (C=O) groups excluding carboxylic acids is 2. The van der Waals surface area contributed by atoms with Gasteiger partial charge in [0.05, 0.1) is 6.61 Å². The second kappa shape index (κ2) is 44.5. The quantitative estimate of drug-likeness (QED) is 0.0191. The lowest BCUT2D eigenvalue weighted by Gasteiger charge is -2.41. The van der Waals surface area contributed by atoms with Crippen LogP contribution in [0.1, 0.15) is 277 Å². The highest BCUT2D eigenvalue weighted by Gasteiger charge is 2.51. The topological polar surface area (TPSA) is 210 Å². The fourth-order valence-electron chi connectivity index (χ4n) is 9.17. The van der Waals surface area contributed by atoms with Crippen LogP contribution < -0.4 is 0 Å². The van der Waals surface area contributed by atoms with Crippen LogP contribution in [0.5, 0.6) is 0 Å². The fraction of sp³-hybridized carbons (Fsp3) is 0.963. The van der Waals surface area contributed by atoms with Crippen molar-refractivity contribution in [3.63, 3.8) is 0 Å². The molecule has 0 saturated heterocycles. The van der Waals surface area contributed by atoms with Crippen molar-refractivity contribution in [2.24, 2.45) is 0 Å². The van der Waals surface area contributed by atoms with Crippen LogP contribution in [0.4, 0.5) is 0 Å². The molecular weight excluding hydrogens is 888 g/mol. The van der Waals surface area contributed by atoms with E-state index >= 15 is 0 Å². The summed E-state index contributed by atoms with van der Waals surface area (Å²) in [5.41, 5.74) is 0. The van der Waals surface area contributed by atoms with Gasteiger partial charge < -0.3 is 39.9 Å². The van der Waals surface area contributed by atoms with Crippen molar-refractivity contribution in [1.29, 1.82) is 0 Å². The van der Waals surface area contributed by atoms with E-state index in [1.807, 2.05) is 0 Å². The maximum Gasteiger partial charge on any atom is 0.472 e. The number of phosphoric ester groups is 1. The third-order valence-corrected chi connectivity index (χ3v) is 14.7. The van der Waals surface area contributed by atoms with E-state index in [9.17, 15) is 44.6 Å². The molecule has 0 aromatic carbocycles. The van der Waals surface area contributed by atoms with E-state index in [1.54, 1.807) is 0 Å². The van der Waals surface area contributed by atoms with E-state index in [1.165, 1.54) is 199 Å². The summed E-state index contributed by atoms with van der Waals surface area (Å²) in [5.74, 6) is -1.08. The van der Waals surface area contributed by atoms with Gasteiger partial charge in [0.15, 0.2) is 6.10 Å². The van der Waals surface area contributed by atoms with Crippen molar-refractivity contribution in [3.8, 4) is 0 Å². The molecule has 0 bridgehead atoms. The number of hydrogen-bond donors (Lipinski definition) is 6. The van der Waals surface area contributed by atoms with Gasteiger partial charge in [0.1, 0.15) is 43.2 Å². The predicted molar refractivity (Wildman–Crippen MR) is 272 cm³/mol. The first-order valence-electron chi connectivity index (χ1n) is 28.3. The minimum Gasteiger partial charge on any atom is -0.462 e. The third-order valence-electron chi connectivity index (χ3n) is 13.7. The van der Waals surface area contributed by atoms with Crippen LogP contribution in [-0.2, 0) is 32.7 Å². The Labute approximate surface area is 414 Å². The minimum atomic E-state index is -5.12. The van der Waals surface area contributed by atoms with Crippen LogP contribution in [0.2, 0.25) is 0 Å². The molecule has 14 heteroatoms. The number of phosphoric acid groups is 1. The van der Waals surface area contributed by atoms with E-state index < -0.39 is 75.7 Å². The van der Waals surface area contributed by atoms with Crippen molar-refractivity contribution in [3.05, 3.63) is 0 Å². The van der Waals surface area contributed by atoms with Gasteiger partial charge in [-0.25, -0.2) is 4.57 Å². The molecule has 1 saturated carbocycles. The van der Waals surface area contributed by atoms with Crippen molar-refractivity contribution in [2.45, 2.75) is 320 Å². The Bertz CT molecular complexity index is 1190. The summed E-state index contributed by atoms with van der Waals surface area (Å²) < 4.78 is 33.7. The van der Waals surface area contributed by atoms with E-state index in [-0.39, 0.29) is 12.8 Å². The maximum atomic E-state index is 12.9. The molecule has 0 aromatic heterocycles. The first-order chi connectivity index (χ1) is 32.9. The first-order valence-corrected chi connectivity index (χ1v) is 29.8. The molecule has 6 unspecified atom stereocenters. The van der Waals surface area contributed by atoms with Crippen LogP contribution in [0.15, 0.2) is 0 Å². The molecule has 1 fully saturated rings. The molecule has 68 heavy (non-hydrogen) atoms. The first kappa shape index (κ1) is 64.9. The second-order valence-corrected chi connectivity index (χ2v) is 21.6. The molecular formula is C54H105O13P. The molecule has 0 aromatic rings. The Kier molecular flexibility index (Phi) is 42.5. The molecule has 1 rings (SSSR count). The number of rotatable bonds is 49. The fourth-order valence-corrected chi connectivity index (χ4v) is 10.1. The highest BCUT2D eigenvalue weighted by atomic mass is 31.2. The van der Waals surface area contributed by atoms with Crippen molar-refractivity contribution >= 4 is 19.8 Å². The lowest BCUT2D eigenvalue weighted by molar-refractivity contribution is -0.220. The summed E-state index contributed by atoms with van der Waals surface area (Å²) in [6, 6.07) is 0. The van der Waals surface area contributed by atoms with E-state index in [4.69, 9.17) is 18.5 Å². The number of aliphatic hydroxyl groups excluding tert-OH is 5. The zero-order valence-corrected chi connectivity index (χ0v) is 44.3. The average Bonchev–Trinajstić information content (AvgIpc) is 3.32. The van der Waals surface area contributed by atoms with Gasteiger partial charge in [0.25, 0.3) is 0 Å². The van der Waals surface area contributed by atoms with Gasteiger partial charge in [-0.05, 0) is 12.8 Å². The average molecular weight is 993 g/mol. The smallest absolute Gasteiger partial charge is 0.462 e. The minimum absolute atomic E-state index is 0.106. The Morgan fingerprint density at radius 3 is 0.971 bits per heavy atom. The van der Waals surface area contributed by atoms with E-state index in [0.29, 0.717) is 12.8 Å². The number of hydrogen-bond acceptors (Lipinski definition) is 12. The molecule has 0 amide bonds.